The zero-order chi connectivity index (χ0) is 29.5. The van der Waals surface area contributed by atoms with Gasteiger partial charge in [0.1, 0.15) is 16.5 Å². The Labute approximate surface area is 247 Å². The normalized spacial score (nSPS) is 15.0. The Morgan fingerprint density at radius 2 is 1.95 bits per heavy atom. The summed E-state index contributed by atoms with van der Waals surface area (Å²) in [5.41, 5.74) is 1.45. The second kappa shape index (κ2) is 10.9. The molecule has 0 bridgehead atoms. The minimum absolute atomic E-state index is 0.0230. The largest absolute Gasteiger partial charge is 0.463 e. The van der Waals surface area contributed by atoms with E-state index in [0.29, 0.717) is 37.7 Å². The fourth-order valence-electron chi connectivity index (χ4n) is 5.10. The number of nitrogens with zero attached hydrogens (tertiary/aromatic N) is 3. The predicted octanol–water partition coefficient (Wildman–Crippen LogP) is 5.77. The Morgan fingerprint density at radius 1 is 1.17 bits per heavy atom. The molecule has 210 valence electrons. The Kier molecular flexibility index (Phi) is 7.09. The summed E-state index contributed by atoms with van der Waals surface area (Å²) in [6, 6.07) is 20.6. The quantitative estimate of drug-likeness (QED) is 0.139. The number of ether oxygens (including phenoxy) is 1. The number of hydrogen-bond acceptors (Lipinski definition) is 8. The first-order valence-electron chi connectivity index (χ1n) is 13.0. The number of nitro benzene ring substituents is 1. The van der Waals surface area contributed by atoms with Crippen LogP contribution in [0.1, 0.15) is 31.2 Å². The highest BCUT2D eigenvalue weighted by atomic mass is 35.5. The summed E-state index contributed by atoms with van der Waals surface area (Å²) in [6.07, 6.45) is 1.60. The number of esters is 1. The molecule has 6 rings (SSSR count). The summed E-state index contributed by atoms with van der Waals surface area (Å²) in [5.74, 6) is 0.220. The highest BCUT2D eigenvalue weighted by Crippen LogP contribution is 2.35. The van der Waals surface area contributed by atoms with Crippen LogP contribution in [0, 0.1) is 10.1 Å². The number of thiazole rings is 1. The van der Waals surface area contributed by atoms with Crippen LogP contribution in [0.5, 0.6) is 0 Å². The third-order valence-corrected chi connectivity index (χ3v) is 8.27. The van der Waals surface area contributed by atoms with Crippen molar-refractivity contribution in [1.29, 1.82) is 0 Å². The summed E-state index contributed by atoms with van der Waals surface area (Å²) in [7, 11) is 0. The maximum atomic E-state index is 14.0. The molecular weight excluding hydrogens is 578 g/mol. The highest BCUT2D eigenvalue weighted by molar-refractivity contribution is 7.07. The molecule has 3 heterocycles. The number of rotatable bonds is 6. The predicted molar refractivity (Wildman–Crippen MR) is 160 cm³/mol. The van der Waals surface area contributed by atoms with Crippen molar-refractivity contribution in [1.82, 2.24) is 4.57 Å². The molecule has 1 aliphatic heterocycles. The Hall–Kier alpha value is -4.80. The molecule has 0 radical (unpaired) electrons. The van der Waals surface area contributed by atoms with Crippen LogP contribution in [0.3, 0.4) is 0 Å². The van der Waals surface area contributed by atoms with Gasteiger partial charge in [0.05, 0.1) is 33.4 Å². The van der Waals surface area contributed by atoms with Crippen LogP contribution in [0.2, 0.25) is 5.02 Å². The molecule has 1 atom stereocenters. The Morgan fingerprint density at radius 3 is 2.74 bits per heavy atom. The van der Waals surface area contributed by atoms with E-state index in [4.69, 9.17) is 20.8 Å². The SMILES string of the molecule is CCOC(=O)C1=C(C)N=c2s/c(=C/c3ccc(-c4ccc(Cl)c([N+](=O)[O-])c4)o3)c(=O)n2[C@H]1c1cccc2ccccc12. The Bertz CT molecular complexity index is 2120. The van der Waals surface area contributed by atoms with Crippen LogP contribution < -0.4 is 14.9 Å². The van der Waals surface area contributed by atoms with Gasteiger partial charge in [-0.25, -0.2) is 9.79 Å². The van der Waals surface area contributed by atoms with E-state index in [1.54, 1.807) is 38.1 Å². The molecule has 0 fully saturated rings. The number of carbonyl (C=O) groups excluding carboxylic acids is 1. The lowest BCUT2D eigenvalue weighted by molar-refractivity contribution is -0.384. The van der Waals surface area contributed by atoms with Crippen LogP contribution in [0.4, 0.5) is 5.69 Å². The van der Waals surface area contributed by atoms with E-state index in [-0.39, 0.29) is 22.9 Å². The molecule has 5 aromatic rings. The lowest BCUT2D eigenvalue weighted by Crippen LogP contribution is -2.40. The van der Waals surface area contributed by atoms with Crippen molar-refractivity contribution in [3.8, 4) is 11.3 Å². The van der Waals surface area contributed by atoms with E-state index >= 15 is 0 Å². The van der Waals surface area contributed by atoms with E-state index in [0.717, 1.165) is 16.3 Å². The van der Waals surface area contributed by atoms with Gasteiger partial charge in [-0.05, 0) is 54.4 Å². The monoisotopic (exact) mass is 599 g/mol. The maximum absolute atomic E-state index is 14.0. The van der Waals surface area contributed by atoms with E-state index < -0.39 is 16.9 Å². The first-order chi connectivity index (χ1) is 20.3. The molecule has 3 aromatic carbocycles. The average molecular weight is 600 g/mol. The smallest absolute Gasteiger partial charge is 0.338 e. The van der Waals surface area contributed by atoms with Crippen LogP contribution in [0.25, 0.3) is 28.2 Å². The number of halogens is 1. The van der Waals surface area contributed by atoms with E-state index in [2.05, 4.69) is 4.99 Å². The fourth-order valence-corrected chi connectivity index (χ4v) is 6.31. The third kappa shape index (κ3) is 4.74. The zero-order valence-electron chi connectivity index (χ0n) is 22.4. The zero-order valence-corrected chi connectivity index (χ0v) is 23.9. The summed E-state index contributed by atoms with van der Waals surface area (Å²) in [6.45, 7) is 3.65. The fraction of sp³-hybridized carbons (Fsp3) is 0.129. The number of fused-ring (bicyclic) bond motifs is 2. The number of allylic oxidation sites excluding steroid dienone is 1. The van der Waals surface area contributed by atoms with Gasteiger partial charge in [0.15, 0.2) is 4.80 Å². The van der Waals surface area contributed by atoms with Crippen LogP contribution in [-0.4, -0.2) is 22.1 Å². The molecule has 0 N–H and O–H groups in total. The molecule has 42 heavy (non-hydrogen) atoms. The standard InChI is InChI=1S/C31H22ClN3O6S/c1-3-40-30(37)27-17(2)33-31-34(28(27)22-10-6-8-18-7-4-5-9-21(18)22)29(36)26(42-31)16-20-12-14-25(41-20)19-11-13-23(32)24(15-19)35(38)39/h4-16,28H,3H2,1-2H3/b26-16+/t28-/m0/s1. The first-order valence-corrected chi connectivity index (χ1v) is 14.2. The summed E-state index contributed by atoms with van der Waals surface area (Å²) >= 11 is 7.13. The minimum Gasteiger partial charge on any atom is -0.463 e. The van der Waals surface area contributed by atoms with Gasteiger partial charge in [0.2, 0.25) is 0 Å². The lowest BCUT2D eigenvalue weighted by Gasteiger charge is -2.25. The Balaban J connectivity index is 1.50. The van der Waals surface area contributed by atoms with Crippen molar-refractivity contribution in [2.75, 3.05) is 6.61 Å². The van der Waals surface area contributed by atoms with Gasteiger partial charge in [-0.15, -0.1) is 0 Å². The lowest BCUT2D eigenvalue weighted by atomic mass is 9.91. The third-order valence-electron chi connectivity index (χ3n) is 6.96. The second-order valence-electron chi connectivity index (χ2n) is 9.50. The molecule has 0 amide bonds. The number of aromatic nitrogens is 1. The number of benzene rings is 3. The topological polar surface area (TPSA) is 117 Å². The van der Waals surface area contributed by atoms with Gasteiger partial charge in [-0.2, -0.15) is 0 Å². The molecule has 1 aliphatic rings. The molecule has 0 unspecified atom stereocenters. The van der Waals surface area contributed by atoms with Gasteiger partial charge >= 0.3 is 5.97 Å². The average Bonchev–Trinajstić information content (AvgIpc) is 3.56. The van der Waals surface area contributed by atoms with E-state index in [9.17, 15) is 19.7 Å². The van der Waals surface area contributed by atoms with Crippen molar-refractivity contribution < 1.29 is 18.9 Å². The minimum atomic E-state index is -0.754. The maximum Gasteiger partial charge on any atom is 0.338 e. The first kappa shape index (κ1) is 27.4. The summed E-state index contributed by atoms with van der Waals surface area (Å²) in [5, 5.41) is 13.2. The van der Waals surface area contributed by atoms with Gasteiger partial charge in [0, 0.05) is 17.7 Å². The van der Waals surface area contributed by atoms with Crippen molar-refractivity contribution in [2.45, 2.75) is 19.9 Å². The molecule has 11 heteroatoms. The molecule has 0 saturated heterocycles. The summed E-state index contributed by atoms with van der Waals surface area (Å²) < 4.78 is 13.2. The number of furan rings is 1. The molecule has 0 aliphatic carbocycles. The molecule has 2 aromatic heterocycles. The number of carbonyl (C=O) groups is 1. The molecule has 9 nitrogen and oxygen atoms in total. The molecule has 0 spiro atoms. The van der Waals surface area contributed by atoms with Gasteiger partial charge in [0.25, 0.3) is 11.2 Å². The number of hydrogen-bond donors (Lipinski definition) is 0. The van der Waals surface area contributed by atoms with Crippen molar-refractivity contribution in [2.24, 2.45) is 4.99 Å². The van der Waals surface area contributed by atoms with Crippen LogP contribution >= 0.6 is 22.9 Å². The van der Waals surface area contributed by atoms with Gasteiger partial charge in [-0.1, -0.05) is 65.4 Å². The highest BCUT2D eigenvalue weighted by Gasteiger charge is 2.34. The van der Waals surface area contributed by atoms with Crippen molar-refractivity contribution in [3.63, 3.8) is 0 Å². The van der Waals surface area contributed by atoms with Gasteiger partial charge < -0.3 is 9.15 Å². The van der Waals surface area contributed by atoms with E-state index in [1.807, 2.05) is 42.5 Å². The van der Waals surface area contributed by atoms with Crippen molar-refractivity contribution >= 4 is 51.4 Å². The van der Waals surface area contributed by atoms with Crippen molar-refractivity contribution in [3.05, 3.63) is 130 Å². The number of nitro groups is 1. The molecular formula is C31H22ClN3O6S. The van der Waals surface area contributed by atoms with Gasteiger partial charge in [-0.3, -0.25) is 19.5 Å². The summed E-state index contributed by atoms with van der Waals surface area (Å²) in [4.78, 5) is 43.1. The second-order valence-corrected chi connectivity index (χ2v) is 10.9. The van der Waals surface area contributed by atoms with Crippen LogP contribution in [-0.2, 0) is 9.53 Å². The van der Waals surface area contributed by atoms with Crippen LogP contribution in [0.15, 0.2) is 98.3 Å². The van der Waals surface area contributed by atoms with E-state index in [1.165, 1.54) is 28.0 Å². The molecule has 0 saturated carbocycles.